The molecule has 0 saturated heterocycles. The third-order valence-corrected chi connectivity index (χ3v) is 4.90. The second-order valence-corrected chi connectivity index (χ2v) is 6.72. The van der Waals surface area contributed by atoms with E-state index >= 15 is 0 Å². The van der Waals surface area contributed by atoms with E-state index in [1.165, 1.54) is 6.33 Å². The van der Waals surface area contributed by atoms with Gasteiger partial charge in [-0.05, 0) is 30.7 Å². The molecule has 0 bridgehead atoms. The monoisotopic (exact) mass is 383 g/mol. The molecule has 2 heterocycles. The summed E-state index contributed by atoms with van der Waals surface area (Å²) in [5.74, 6) is 1.38. The van der Waals surface area contributed by atoms with E-state index in [1.54, 1.807) is 6.33 Å². The largest absolute Gasteiger partial charge is 0.338 e. The summed E-state index contributed by atoms with van der Waals surface area (Å²) in [6.45, 7) is 2.50. The van der Waals surface area contributed by atoms with Gasteiger partial charge in [0.2, 0.25) is 0 Å². The summed E-state index contributed by atoms with van der Waals surface area (Å²) in [4.78, 5) is 13.3. The van der Waals surface area contributed by atoms with Gasteiger partial charge in [0.05, 0.1) is 12.9 Å². The third kappa shape index (κ3) is 3.11. The van der Waals surface area contributed by atoms with Crippen molar-refractivity contribution in [2.45, 2.75) is 13.5 Å². The van der Waals surface area contributed by atoms with Crippen molar-refractivity contribution in [2.75, 3.05) is 5.32 Å². The molecule has 2 aromatic rings. The van der Waals surface area contributed by atoms with Crippen LogP contribution < -0.4 is 5.32 Å². The smallest absolute Gasteiger partial charge is 0.165 e. The van der Waals surface area contributed by atoms with Crippen molar-refractivity contribution < 1.29 is 0 Å². The quantitative estimate of drug-likeness (QED) is 0.527. The minimum Gasteiger partial charge on any atom is -0.338 e. The van der Waals surface area contributed by atoms with Crippen molar-refractivity contribution in [2.24, 2.45) is 0 Å². The number of hydrogen-bond acceptors (Lipinski definition) is 4. The number of rotatable bonds is 4. The molecule has 0 aromatic heterocycles. The van der Waals surface area contributed by atoms with E-state index in [4.69, 9.17) is 23.2 Å². The van der Waals surface area contributed by atoms with Crippen molar-refractivity contribution in [3.63, 3.8) is 0 Å². The van der Waals surface area contributed by atoms with Crippen LogP contribution in [0.2, 0.25) is 10.0 Å². The van der Waals surface area contributed by atoms with Gasteiger partial charge in [-0.1, -0.05) is 47.5 Å². The summed E-state index contributed by atoms with van der Waals surface area (Å²) in [6.07, 6.45) is 3.25. The van der Waals surface area contributed by atoms with Gasteiger partial charge in [-0.2, -0.15) is 0 Å². The molecule has 1 N–H and O–H groups in total. The predicted molar refractivity (Wildman–Crippen MR) is 104 cm³/mol. The van der Waals surface area contributed by atoms with Gasteiger partial charge in [0.1, 0.15) is 6.33 Å². The Morgan fingerprint density at radius 2 is 1.73 bits per heavy atom. The molecule has 7 heteroatoms. The molecular weight excluding hydrogens is 369 g/mol. The summed E-state index contributed by atoms with van der Waals surface area (Å²) in [6, 6.07) is 13.5. The lowest BCUT2D eigenvalue weighted by Crippen LogP contribution is -2.10. The zero-order valence-corrected chi connectivity index (χ0v) is 15.5. The van der Waals surface area contributed by atoms with Crippen LogP contribution in [0.1, 0.15) is 11.1 Å². The summed E-state index contributed by atoms with van der Waals surface area (Å²) in [7, 11) is 0. The first-order valence-corrected chi connectivity index (χ1v) is 8.80. The molecule has 0 unspecified atom stereocenters. The number of anilines is 2. The van der Waals surface area contributed by atoms with Crippen molar-refractivity contribution in [1.82, 2.24) is 19.5 Å². The number of fused-ring (bicyclic) bond motifs is 1. The molecule has 0 saturated carbocycles. The van der Waals surface area contributed by atoms with Crippen LogP contribution in [0.15, 0.2) is 55.1 Å². The minimum absolute atomic E-state index is 0.464. The Labute approximate surface area is 161 Å². The number of benzene rings is 2. The van der Waals surface area contributed by atoms with Gasteiger partial charge >= 0.3 is 0 Å². The fourth-order valence-electron chi connectivity index (χ4n) is 2.78. The lowest BCUT2D eigenvalue weighted by atomic mass is 10.2. The van der Waals surface area contributed by atoms with Crippen LogP contribution in [-0.2, 0) is 6.54 Å². The summed E-state index contributed by atoms with van der Waals surface area (Å²) in [5, 5.41) is 4.56. The predicted octanol–water partition coefficient (Wildman–Crippen LogP) is 5.19. The Hall–Kier alpha value is -2.63. The topological polar surface area (TPSA) is 55.6 Å². The summed E-state index contributed by atoms with van der Waals surface area (Å²) >= 11 is 12.6. The first-order chi connectivity index (χ1) is 12.6. The second-order valence-electron chi connectivity index (χ2n) is 5.91. The van der Waals surface area contributed by atoms with Crippen LogP contribution in [0.3, 0.4) is 0 Å². The number of imidazole rings is 1. The van der Waals surface area contributed by atoms with Crippen molar-refractivity contribution in [3.8, 4) is 11.5 Å². The molecule has 130 valence electrons. The van der Waals surface area contributed by atoms with Crippen LogP contribution in [0.5, 0.6) is 0 Å². The Bertz CT molecular complexity index is 1020. The molecule has 2 aliphatic heterocycles. The van der Waals surface area contributed by atoms with Gasteiger partial charge in [-0.25, -0.2) is 15.0 Å². The molecule has 2 aliphatic rings. The standard InChI is InChI=1S/C19H15Cl2N5/c1-12-5-2-3-8-16(12)25-18-17-19(23-10-22-17)26(11-24-18)9-13-14(20)6-4-7-15(13)21/h2-8,10-11,25H,9H2,1H3. The molecule has 5 nitrogen and oxygen atoms in total. The molecular formula is C19H15Cl2N5. The number of aromatic nitrogens is 4. The Morgan fingerprint density at radius 1 is 0.962 bits per heavy atom. The average Bonchev–Trinajstić information content (AvgIpc) is 3.12. The molecule has 26 heavy (non-hydrogen) atoms. The molecule has 0 spiro atoms. The number of aryl methyl sites for hydroxylation is 1. The molecule has 0 amide bonds. The molecule has 0 fully saturated rings. The number of nitrogens with zero attached hydrogens (tertiary/aromatic N) is 4. The van der Waals surface area contributed by atoms with Crippen LogP contribution in [0, 0.1) is 6.92 Å². The van der Waals surface area contributed by atoms with Crippen LogP contribution in [-0.4, -0.2) is 19.5 Å². The zero-order chi connectivity index (χ0) is 18.1. The number of hydrogen-bond donors (Lipinski definition) is 1. The first-order valence-electron chi connectivity index (χ1n) is 8.05. The normalized spacial score (nSPS) is 11.0. The highest BCUT2D eigenvalue weighted by Gasteiger charge is 2.18. The highest BCUT2D eigenvalue weighted by molar-refractivity contribution is 6.35. The Kier molecular flexibility index (Phi) is 4.49. The number of nitrogens with one attached hydrogen (secondary N) is 1. The van der Waals surface area contributed by atoms with E-state index in [9.17, 15) is 0 Å². The van der Waals surface area contributed by atoms with E-state index < -0.39 is 0 Å². The van der Waals surface area contributed by atoms with Gasteiger partial charge in [0.25, 0.3) is 0 Å². The van der Waals surface area contributed by atoms with Gasteiger partial charge in [0, 0.05) is 21.3 Å². The van der Waals surface area contributed by atoms with Gasteiger partial charge in [-0.3, -0.25) is 0 Å². The molecule has 4 rings (SSSR count). The highest BCUT2D eigenvalue weighted by Crippen LogP contribution is 2.30. The maximum absolute atomic E-state index is 6.29. The fourth-order valence-corrected chi connectivity index (χ4v) is 3.30. The lowest BCUT2D eigenvalue weighted by Gasteiger charge is -2.16. The van der Waals surface area contributed by atoms with Crippen molar-refractivity contribution >= 4 is 34.7 Å². The maximum Gasteiger partial charge on any atom is 0.165 e. The summed E-state index contributed by atoms with van der Waals surface area (Å²) < 4.78 is 1.89. The lowest BCUT2D eigenvalue weighted by molar-refractivity contribution is 0.762. The summed E-state index contributed by atoms with van der Waals surface area (Å²) in [5.41, 5.74) is 3.63. The van der Waals surface area contributed by atoms with E-state index in [2.05, 4.69) is 20.3 Å². The maximum atomic E-state index is 6.29. The van der Waals surface area contributed by atoms with Gasteiger partial charge in [0.15, 0.2) is 17.3 Å². The first kappa shape index (κ1) is 16.8. The van der Waals surface area contributed by atoms with E-state index in [0.717, 1.165) is 16.8 Å². The number of halogens is 2. The molecule has 0 atom stereocenters. The second kappa shape index (κ2) is 6.94. The molecule has 0 aliphatic carbocycles. The molecule has 0 radical (unpaired) electrons. The minimum atomic E-state index is 0.464. The van der Waals surface area contributed by atoms with Crippen LogP contribution in [0.25, 0.3) is 11.5 Å². The fraction of sp³-hybridized carbons (Fsp3) is 0.105. The third-order valence-electron chi connectivity index (χ3n) is 4.19. The molecule has 2 aromatic carbocycles. The van der Waals surface area contributed by atoms with Crippen molar-refractivity contribution in [1.29, 1.82) is 0 Å². The Morgan fingerprint density at radius 3 is 2.50 bits per heavy atom. The highest BCUT2D eigenvalue weighted by atomic mass is 35.5. The van der Waals surface area contributed by atoms with Gasteiger partial charge in [-0.15, -0.1) is 0 Å². The van der Waals surface area contributed by atoms with Crippen LogP contribution >= 0.6 is 23.2 Å². The zero-order valence-electron chi connectivity index (χ0n) is 13.9. The van der Waals surface area contributed by atoms with Gasteiger partial charge < -0.3 is 9.88 Å². The van der Waals surface area contributed by atoms with Crippen molar-refractivity contribution in [3.05, 3.63) is 76.3 Å². The SMILES string of the molecule is Cc1ccccc1Nc1ncn(Cc2c(Cl)cccc2Cl)c2ncnc1-2. The van der Waals surface area contributed by atoms with E-state index in [0.29, 0.717) is 33.9 Å². The van der Waals surface area contributed by atoms with E-state index in [1.807, 2.05) is 54.0 Å². The Balaban J connectivity index is 1.71. The van der Waals surface area contributed by atoms with E-state index in [-0.39, 0.29) is 0 Å². The van der Waals surface area contributed by atoms with Crippen LogP contribution in [0.4, 0.5) is 11.5 Å². The average molecular weight is 384 g/mol. The number of para-hydroxylation sites is 1.